The lowest BCUT2D eigenvalue weighted by molar-refractivity contribution is 0.776. The topological polar surface area (TPSA) is 43.8 Å². The van der Waals surface area contributed by atoms with E-state index in [9.17, 15) is 0 Å². The Balaban J connectivity index is 2.47. The van der Waals surface area contributed by atoms with Gasteiger partial charge in [-0.2, -0.15) is 5.10 Å². The normalized spacial score (nSPS) is 10.2. The van der Waals surface area contributed by atoms with Gasteiger partial charge in [0.05, 0.1) is 5.69 Å². The van der Waals surface area contributed by atoms with Gasteiger partial charge in [0.25, 0.3) is 0 Å². The fourth-order valence-corrected chi connectivity index (χ4v) is 1.31. The highest BCUT2D eigenvalue weighted by Gasteiger charge is 2.00. The van der Waals surface area contributed by atoms with Gasteiger partial charge in [0, 0.05) is 18.9 Å². The van der Waals surface area contributed by atoms with Crippen LogP contribution >= 0.6 is 0 Å². The summed E-state index contributed by atoms with van der Waals surface area (Å²) < 4.78 is 1.84. The fourth-order valence-electron chi connectivity index (χ4n) is 1.31. The molecule has 0 spiro atoms. The molecule has 13 heavy (non-hydrogen) atoms. The second-order valence-corrected chi connectivity index (χ2v) is 2.96. The number of nitrogen functional groups attached to an aromatic ring is 1. The molecule has 0 aliphatic heterocycles. The summed E-state index contributed by atoms with van der Waals surface area (Å²) in [7, 11) is 1.92. The molecule has 2 N–H and O–H groups in total. The number of rotatable bonds is 1. The van der Waals surface area contributed by atoms with Crippen LogP contribution in [0, 0.1) is 0 Å². The molecule has 0 saturated carbocycles. The molecule has 1 heterocycles. The summed E-state index contributed by atoms with van der Waals surface area (Å²) in [4.78, 5) is 0. The van der Waals surface area contributed by atoms with Crippen molar-refractivity contribution in [1.82, 2.24) is 9.78 Å². The van der Waals surface area contributed by atoms with Crippen LogP contribution in [0.25, 0.3) is 11.3 Å². The summed E-state index contributed by atoms with van der Waals surface area (Å²) in [6, 6.07) is 9.74. The van der Waals surface area contributed by atoms with Gasteiger partial charge in [0.1, 0.15) is 0 Å². The zero-order chi connectivity index (χ0) is 9.26. The standard InChI is InChI=1S/C10H11N3/c1-13-10(6-7-12-13)8-2-4-9(11)5-3-8/h2-7H,11H2,1H3. The summed E-state index contributed by atoms with van der Waals surface area (Å²) in [5.74, 6) is 0. The molecule has 0 aliphatic carbocycles. The third-order valence-electron chi connectivity index (χ3n) is 2.03. The van der Waals surface area contributed by atoms with Gasteiger partial charge < -0.3 is 5.73 Å². The second-order valence-electron chi connectivity index (χ2n) is 2.96. The van der Waals surface area contributed by atoms with Crippen LogP contribution < -0.4 is 5.73 Å². The Morgan fingerprint density at radius 3 is 2.38 bits per heavy atom. The molecule has 0 radical (unpaired) electrons. The van der Waals surface area contributed by atoms with Gasteiger partial charge in [-0.25, -0.2) is 0 Å². The highest BCUT2D eigenvalue weighted by atomic mass is 15.2. The molecule has 0 fully saturated rings. The van der Waals surface area contributed by atoms with E-state index in [1.165, 1.54) is 0 Å². The Bertz CT molecular complexity index is 400. The van der Waals surface area contributed by atoms with Gasteiger partial charge in [-0.3, -0.25) is 4.68 Å². The summed E-state index contributed by atoms with van der Waals surface area (Å²) in [5, 5.41) is 4.10. The third-order valence-corrected chi connectivity index (χ3v) is 2.03. The van der Waals surface area contributed by atoms with Crippen LogP contribution in [0.2, 0.25) is 0 Å². The van der Waals surface area contributed by atoms with Gasteiger partial charge >= 0.3 is 0 Å². The van der Waals surface area contributed by atoms with E-state index in [4.69, 9.17) is 5.73 Å². The Labute approximate surface area is 76.8 Å². The second kappa shape index (κ2) is 2.94. The maximum Gasteiger partial charge on any atom is 0.0678 e. The first-order valence-electron chi connectivity index (χ1n) is 4.11. The van der Waals surface area contributed by atoms with Gasteiger partial charge in [-0.1, -0.05) is 12.1 Å². The van der Waals surface area contributed by atoms with Crippen molar-refractivity contribution in [2.45, 2.75) is 0 Å². The first-order chi connectivity index (χ1) is 6.27. The number of aryl methyl sites for hydroxylation is 1. The van der Waals surface area contributed by atoms with Crippen LogP contribution in [0.3, 0.4) is 0 Å². The molecule has 2 rings (SSSR count). The van der Waals surface area contributed by atoms with E-state index in [-0.39, 0.29) is 0 Å². The Morgan fingerprint density at radius 1 is 1.15 bits per heavy atom. The SMILES string of the molecule is Cn1nccc1-c1ccc(N)cc1. The molecule has 0 saturated heterocycles. The molecule has 3 nitrogen and oxygen atoms in total. The van der Waals surface area contributed by atoms with Crippen molar-refractivity contribution < 1.29 is 0 Å². The predicted octanol–water partition coefficient (Wildman–Crippen LogP) is 1.67. The molecule has 0 bridgehead atoms. The van der Waals surface area contributed by atoms with Crippen molar-refractivity contribution in [2.75, 3.05) is 5.73 Å². The third kappa shape index (κ3) is 1.40. The van der Waals surface area contributed by atoms with Crippen molar-refractivity contribution in [3.05, 3.63) is 36.5 Å². The lowest BCUT2D eigenvalue weighted by atomic mass is 10.1. The summed E-state index contributed by atoms with van der Waals surface area (Å²) in [6.07, 6.45) is 1.78. The van der Waals surface area contributed by atoms with E-state index in [0.717, 1.165) is 16.9 Å². The quantitative estimate of drug-likeness (QED) is 0.666. The largest absolute Gasteiger partial charge is 0.399 e. The number of benzene rings is 1. The number of hydrogen-bond donors (Lipinski definition) is 1. The summed E-state index contributed by atoms with van der Waals surface area (Å²) in [5.41, 5.74) is 8.61. The average molecular weight is 173 g/mol. The Morgan fingerprint density at radius 2 is 1.85 bits per heavy atom. The fraction of sp³-hybridized carbons (Fsp3) is 0.100. The van der Waals surface area contributed by atoms with Crippen molar-refractivity contribution in [1.29, 1.82) is 0 Å². The molecule has 0 atom stereocenters. The van der Waals surface area contributed by atoms with E-state index in [1.54, 1.807) is 6.20 Å². The molecular weight excluding hydrogens is 162 g/mol. The molecule has 1 aromatic carbocycles. The number of hydrogen-bond acceptors (Lipinski definition) is 2. The van der Waals surface area contributed by atoms with Crippen molar-refractivity contribution in [3.8, 4) is 11.3 Å². The number of anilines is 1. The van der Waals surface area contributed by atoms with Crippen molar-refractivity contribution in [2.24, 2.45) is 7.05 Å². The maximum atomic E-state index is 5.60. The van der Waals surface area contributed by atoms with Gasteiger partial charge in [0.15, 0.2) is 0 Å². The zero-order valence-electron chi connectivity index (χ0n) is 7.44. The molecule has 66 valence electrons. The Hall–Kier alpha value is -1.77. The van der Waals surface area contributed by atoms with E-state index >= 15 is 0 Å². The van der Waals surface area contributed by atoms with E-state index in [0.29, 0.717) is 0 Å². The lowest BCUT2D eigenvalue weighted by Gasteiger charge is -2.01. The van der Waals surface area contributed by atoms with Crippen LogP contribution in [-0.4, -0.2) is 9.78 Å². The average Bonchev–Trinajstić information content (AvgIpc) is 2.53. The number of aromatic nitrogens is 2. The molecule has 3 heteroatoms. The molecule has 2 aromatic rings. The van der Waals surface area contributed by atoms with Gasteiger partial charge in [-0.05, 0) is 23.8 Å². The summed E-state index contributed by atoms with van der Waals surface area (Å²) >= 11 is 0. The van der Waals surface area contributed by atoms with Crippen LogP contribution in [0.1, 0.15) is 0 Å². The van der Waals surface area contributed by atoms with Gasteiger partial charge in [0.2, 0.25) is 0 Å². The highest BCUT2D eigenvalue weighted by molar-refractivity contribution is 5.61. The van der Waals surface area contributed by atoms with Crippen molar-refractivity contribution >= 4 is 5.69 Å². The van der Waals surface area contributed by atoms with Crippen LogP contribution in [0.4, 0.5) is 5.69 Å². The molecular formula is C10H11N3. The van der Waals surface area contributed by atoms with Crippen molar-refractivity contribution in [3.63, 3.8) is 0 Å². The number of nitrogens with zero attached hydrogens (tertiary/aromatic N) is 2. The first kappa shape index (κ1) is 7.86. The molecule has 0 unspecified atom stereocenters. The van der Waals surface area contributed by atoms with E-state index < -0.39 is 0 Å². The van der Waals surface area contributed by atoms with E-state index in [1.807, 2.05) is 42.1 Å². The minimum Gasteiger partial charge on any atom is -0.399 e. The highest BCUT2D eigenvalue weighted by Crippen LogP contribution is 2.18. The lowest BCUT2D eigenvalue weighted by Crippen LogP contribution is -1.93. The molecule has 0 amide bonds. The van der Waals surface area contributed by atoms with Crippen LogP contribution in [-0.2, 0) is 7.05 Å². The minimum atomic E-state index is 0.783. The van der Waals surface area contributed by atoms with Crippen LogP contribution in [0.15, 0.2) is 36.5 Å². The van der Waals surface area contributed by atoms with E-state index in [2.05, 4.69) is 5.10 Å². The van der Waals surface area contributed by atoms with Crippen LogP contribution in [0.5, 0.6) is 0 Å². The number of nitrogens with two attached hydrogens (primary N) is 1. The van der Waals surface area contributed by atoms with Gasteiger partial charge in [-0.15, -0.1) is 0 Å². The zero-order valence-corrected chi connectivity index (χ0v) is 7.44. The maximum absolute atomic E-state index is 5.60. The smallest absolute Gasteiger partial charge is 0.0678 e. The summed E-state index contributed by atoms with van der Waals surface area (Å²) in [6.45, 7) is 0. The first-order valence-corrected chi connectivity index (χ1v) is 4.11. The Kier molecular flexibility index (Phi) is 1.77. The monoisotopic (exact) mass is 173 g/mol. The minimum absolute atomic E-state index is 0.783. The predicted molar refractivity (Wildman–Crippen MR) is 53.1 cm³/mol. The molecule has 0 aliphatic rings. The molecule has 1 aromatic heterocycles.